The van der Waals surface area contributed by atoms with Gasteiger partial charge in [-0.2, -0.15) is 0 Å². The molecule has 0 N–H and O–H groups in total. The third-order valence-corrected chi connectivity index (χ3v) is 6.41. The summed E-state index contributed by atoms with van der Waals surface area (Å²) in [7, 11) is 0. The van der Waals surface area contributed by atoms with E-state index in [4.69, 9.17) is 0 Å². The molecule has 0 aliphatic heterocycles. The zero-order valence-corrected chi connectivity index (χ0v) is 10.9. The summed E-state index contributed by atoms with van der Waals surface area (Å²) in [6.07, 6.45) is 12.2. The molecule has 92 valence electrons. The summed E-state index contributed by atoms with van der Waals surface area (Å²) in [5.74, 6) is 6.79. The molecule has 0 heteroatoms. The van der Waals surface area contributed by atoms with Crippen LogP contribution in [-0.2, 0) is 0 Å². The van der Waals surface area contributed by atoms with Crippen molar-refractivity contribution in [3.8, 4) is 0 Å². The molecule has 4 aliphatic carbocycles. The van der Waals surface area contributed by atoms with Crippen LogP contribution in [0.25, 0.3) is 0 Å². The van der Waals surface area contributed by atoms with Gasteiger partial charge in [-0.25, -0.2) is 0 Å². The predicted molar refractivity (Wildman–Crippen MR) is 71.5 cm³/mol. The lowest BCUT2D eigenvalue weighted by atomic mass is 9.66. The predicted octanol–water partition coefficient (Wildman–Crippen LogP) is 4.44. The Labute approximate surface area is 105 Å². The first-order valence-corrected chi connectivity index (χ1v) is 7.68. The highest BCUT2D eigenvalue weighted by atomic mass is 14.7. The molecule has 0 nitrogen and oxygen atoms in total. The monoisotopic (exact) mass is 228 g/mol. The quantitative estimate of drug-likeness (QED) is 0.495. The van der Waals surface area contributed by atoms with Crippen molar-refractivity contribution < 1.29 is 0 Å². The summed E-state index contributed by atoms with van der Waals surface area (Å²) in [4.78, 5) is 0. The van der Waals surface area contributed by atoms with Gasteiger partial charge in [-0.1, -0.05) is 44.1 Å². The first-order valence-electron chi connectivity index (χ1n) is 7.68. The van der Waals surface area contributed by atoms with E-state index in [1.807, 2.05) is 0 Å². The van der Waals surface area contributed by atoms with Gasteiger partial charge in [-0.15, -0.1) is 0 Å². The second-order valence-corrected chi connectivity index (χ2v) is 6.93. The van der Waals surface area contributed by atoms with E-state index in [0.29, 0.717) is 0 Å². The van der Waals surface area contributed by atoms with Crippen molar-refractivity contribution in [2.45, 2.75) is 39.0 Å². The van der Waals surface area contributed by atoms with E-state index >= 15 is 0 Å². The summed E-state index contributed by atoms with van der Waals surface area (Å²) in [6.45, 7) is 6.81. The highest BCUT2D eigenvalue weighted by molar-refractivity contribution is 5.29. The Morgan fingerprint density at radius 1 is 1.18 bits per heavy atom. The van der Waals surface area contributed by atoms with Crippen LogP contribution in [0.1, 0.15) is 39.0 Å². The minimum Gasteiger partial charge on any atom is -0.0993 e. The van der Waals surface area contributed by atoms with E-state index in [9.17, 15) is 0 Å². The molecule has 0 heterocycles. The van der Waals surface area contributed by atoms with Crippen molar-refractivity contribution in [3.63, 3.8) is 0 Å². The van der Waals surface area contributed by atoms with Gasteiger partial charge < -0.3 is 0 Å². The molecule has 7 unspecified atom stereocenters. The lowest BCUT2D eigenvalue weighted by molar-refractivity contribution is 0.188. The number of rotatable bonds is 3. The van der Waals surface area contributed by atoms with Gasteiger partial charge in [0.2, 0.25) is 0 Å². The van der Waals surface area contributed by atoms with Crippen LogP contribution in [0.2, 0.25) is 0 Å². The number of unbranched alkanes of at least 4 members (excludes halogenated alkanes) is 1. The molecule has 0 aromatic heterocycles. The highest BCUT2D eigenvalue weighted by Gasteiger charge is 2.61. The molecule has 0 amide bonds. The fraction of sp³-hybridized carbons (Fsp3) is 0.765. The lowest BCUT2D eigenvalue weighted by Gasteiger charge is -2.38. The fourth-order valence-corrected chi connectivity index (χ4v) is 5.88. The fourth-order valence-electron chi connectivity index (χ4n) is 5.88. The molecule has 4 aliphatic rings. The van der Waals surface area contributed by atoms with Crippen LogP contribution in [0.15, 0.2) is 24.3 Å². The molecular weight excluding hydrogens is 204 g/mol. The molecule has 3 saturated carbocycles. The molecule has 17 heavy (non-hydrogen) atoms. The molecule has 0 aromatic carbocycles. The Kier molecular flexibility index (Phi) is 2.14. The Morgan fingerprint density at radius 3 is 2.71 bits per heavy atom. The van der Waals surface area contributed by atoms with Gasteiger partial charge in [0.1, 0.15) is 0 Å². The molecule has 0 spiro atoms. The summed E-state index contributed by atoms with van der Waals surface area (Å²) < 4.78 is 0. The maximum Gasteiger partial charge on any atom is -0.0163 e. The van der Waals surface area contributed by atoms with Crippen LogP contribution in [0, 0.1) is 41.4 Å². The van der Waals surface area contributed by atoms with Gasteiger partial charge in [-0.05, 0) is 60.7 Å². The van der Waals surface area contributed by atoms with Gasteiger partial charge in [0.15, 0.2) is 0 Å². The summed E-state index contributed by atoms with van der Waals surface area (Å²) in [5.41, 5.74) is 1.66. The Bertz CT molecular complexity index is 377. The van der Waals surface area contributed by atoms with Crippen molar-refractivity contribution in [3.05, 3.63) is 24.3 Å². The van der Waals surface area contributed by atoms with Gasteiger partial charge in [0, 0.05) is 0 Å². The summed E-state index contributed by atoms with van der Waals surface area (Å²) >= 11 is 0. The summed E-state index contributed by atoms with van der Waals surface area (Å²) in [5, 5.41) is 0. The molecule has 4 bridgehead atoms. The van der Waals surface area contributed by atoms with Crippen LogP contribution in [-0.4, -0.2) is 0 Å². The first-order chi connectivity index (χ1) is 8.31. The standard InChI is InChI=1S/C17H24/c1-3-4-5-13-10(2)14-9-15(13)17-12-7-6-11(8-12)16(14)17/h6-7,11-17H,2-5,8-9H2,1H3. The van der Waals surface area contributed by atoms with Crippen LogP contribution in [0.5, 0.6) is 0 Å². The highest BCUT2D eigenvalue weighted by Crippen LogP contribution is 2.68. The van der Waals surface area contributed by atoms with Crippen LogP contribution in [0.3, 0.4) is 0 Å². The van der Waals surface area contributed by atoms with Gasteiger partial charge in [0.05, 0.1) is 0 Å². The lowest BCUT2D eigenvalue weighted by Crippen LogP contribution is -2.32. The molecule has 0 radical (unpaired) electrons. The topological polar surface area (TPSA) is 0 Å². The van der Waals surface area contributed by atoms with Crippen LogP contribution in [0.4, 0.5) is 0 Å². The van der Waals surface area contributed by atoms with Crippen LogP contribution >= 0.6 is 0 Å². The number of allylic oxidation sites excluding steroid dienone is 3. The SMILES string of the molecule is C=C1C(CCCC)C2CC1C1C3C=CC(C3)C21. The third-order valence-electron chi connectivity index (χ3n) is 6.41. The first kappa shape index (κ1) is 10.4. The van der Waals surface area contributed by atoms with E-state index in [-0.39, 0.29) is 0 Å². The van der Waals surface area contributed by atoms with E-state index in [0.717, 1.165) is 41.4 Å². The van der Waals surface area contributed by atoms with Gasteiger partial charge in [0.25, 0.3) is 0 Å². The Balaban J connectivity index is 1.61. The van der Waals surface area contributed by atoms with Gasteiger partial charge >= 0.3 is 0 Å². The largest absolute Gasteiger partial charge is 0.0993 e. The minimum absolute atomic E-state index is 0.897. The smallest absolute Gasteiger partial charge is 0.0163 e. The third kappa shape index (κ3) is 1.20. The molecule has 7 atom stereocenters. The van der Waals surface area contributed by atoms with E-state index < -0.39 is 0 Å². The molecule has 3 fully saturated rings. The van der Waals surface area contributed by atoms with E-state index in [1.165, 1.54) is 32.1 Å². The molecule has 4 rings (SSSR count). The molecule has 0 aromatic rings. The number of hydrogen-bond acceptors (Lipinski definition) is 0. The normalized spacial score (nSPS) is 53.7. The zero-order valence-electron chi connectivity index (χ0n) is 10.9. The van der Waals surface area contributed by atoms with Crippen molar-refractivity contribution in [2.75, 3.05) is 0 Å². The zero-order chi connectivity index (χ0) is 11.6. The summed E-state index contributed by atoms with van der Waals surface area (Å²) in [6, 6.07) is 0. The van der Waals surface area contributed by atoms with Gasteiger partial charge in [-0.3, -0.25) is 0 Å². The maximum absolute atomic E-state index is 4.49. The van der Waals surface area contributed by atoms with Crippen molar-refractivity contribution >= 4 is 0 Å². The maximum atomic E-state index is 4.49. The average molecular weight is 228 g/mol. The molecular formula is C17H24. The van der Waals surface area contributed by atoms with Crippen molar-refractivity contribution in [2.24, 2.45) is 41.4 Å². The van der Waals surface area contributed by atoms with E-state index in [2.05, 4.69) is 25.7 Å². The number of fused-ring (bicyclic) bond motifs is 9. The van der Waals surface area contributed by atoms with Crippen molar-refractivity contribution in [1.29, 1.82) is 0 Å². The second-order valence-electron chi connectivity index (χ2n) is 6.93. The van der Waals surface area contributed by atoms with Crippen molar-refractivity contribution in [1.82, 2.24) is 0 Å². The number of hydrogen-bond donors (Lipinski definition) is 0. The van der Waals surface area contributed by atoms with E-state index in [1.54, 1.807) is 5.57 Å². The Morgan fingerprint density at radius 2 is 1.94 bits per heavy atom. The second kappa shape index (κ2) is 3.49. The molecule has 0 saturated heterocycles. The minimum atomic E-state index is 0.897. The average Bonchev–Trinajstić information content (AvgIpc) is 3.04. The Hall–Kier alpha value is -0.520. The van der Waals surface area contributed by atoms with Crippen LogP contribution < -0.4 is 0 Å².